The van der Waals surface area contributed by atoms with E-state index in [2.05, 4.69) is 15.3 Å². The number of anilines is 2. The Labute approximate surface area is 157 Å². The molecule has 0 fully saturated rings. The largest absolute Gasteiger partial charge is 0.490 e. The van der Waals surface area contributed by atoms with Crippen molar-refractivity contribution in [3.8, 4) is 11.5 Å². The fourth-order valence-corrected chi connectivity index (χ4v) is 3.97. The molecule has 3 heterocycles. The molecule has 0 saturated heterocycles. The molecule has 0 saturated carbocycles. The van der Waals surface area contributed by atoms with Gasteiger partial charge < -0.3 is 20.5 Å². The number of ether oxygens (including phenoxy) is 2. The highest BCUT2D eigenvalue weighted by molar-refractivity contribution is 7.99. The molecule has 1 amide bonds. The van der Waals surface area contributed by atoms with Crippen LogP contribution in [-0.2, 0) is 4.79 Å². The first-order valence-electron chi connectivity index (χ1n) is 8.02. The fourth-order valence-electron chi connectivity index (χ4n) is 2.49. The molecule has 26 heavy (non-hydrogen) atoms. The van der Waals surface area contributed by atoms with Gasteiger partial charge in [-0.1, -0.05) is 11.8 Å². The summed E-state index contributed by atoms with van der Waals surface area (Å²) in [5.41, 5.74) is 6.59. The van der Waals surface area contributed by atoms with Crippen molar-refractivity contribution in [2.45, 2.75) is 11.6 Å². The molecule has 1 aliphatic heterocycles. The molecule has 0 atom stereocenters. The number of fused-ring (bicyclic) bond motifs is 2. The number of nitrogens with two attached hydrogens (primary N) is 1. The molecule has 134 valence electrons. The van der Waals surface area contributed by atoms with Crippen molar-refractivity contribution in [1.82, 2.24) is 9.97 Å². The number of thiophene rings is 1. The maximum Gasteiger partial charge on any atom is 0.234 e. The van der Waals surface area contributed by atoms with Crippen LogP contribution in [0.5, 0.6) is 11.5 Å². The molecule has 2 aromatic heterocycles. The van der Waals surface area contributed by atoms with Crippen molar-refractivity contribution in [2.24, 2.45) is 0 Å². The predicted octanol–water partition coefficient (Wildman–Crippen LogP) is 3.17. The molecule has 3 aromatic rings. The quantitative estimate of drug-likeness (QED) is 0.523. The SMILES string of the molecule is Nc1nc(SCC(=O)Nc2ccc3c(c2)OCCCO3)nc2sccc12. The van der Waals surface area contributed by atoms with Crippen molar-refractivity contribution in [3.63, 3.8) is 0 Å². The molecule has 3 N–H and O–H groups in total. The Morgan fingerprint density at radius 1 is 1.23 bits per heavy atom. The number of hydrogen-bond acceptors (Lipinski definition) is 8. The summed E-state index contributed by atoms with van der Waals surface area (Å²) in [5.74, 6) is 1.81. The number of benzene rings is 1. The lowest BCUT2D eigenvalue weighted by Crippen LogP contribution is -2.14. The van der Waals surface area contributed by atoms with Gasteiger partial charge in [0.15, 0.2) is 16.7 Å². The number of aromatic nitrogens is 2. The molecule has 7 nitrogen and oxygen atoms in total. The molecular weight excluding hydrogens is 372 g/mol. The lowest BCUT2D eigenvalue weighted by Gasteiger charge is -2.10. The van der Waals surface area contributed by atoms with Crippen molar-refractivity contribution in [1.29, 1.82) is 0 Å². The second-order valence-electron chi connectivity index (χ2n) is 5.58. The van der Waals surface area contributed by atoms with Crippen LogP contribution in [0.1, 0.15) is 6.42 Å². The summed E-state index contributed by atoms with van der Waals surface area (Å²) < 4.78 is 11.2. The van der Waals surface area contributed by atoms with E-state index in [9.17, 15) is 4.79 Å². The van der Waals surface area contributed by atoms with Crippen molar-refractivity contribution < 1.29 is 14.3 Å². The van der Waals surface area contributed by atoms with Gasteiger partial charge in [-0.05, 0) is 23.6 Å². The molecule has 0 bridgehead atoms. The minimum atomic E-state index is -0.155. The number of hydrogen-bond donors (Lipinski definition) is 2. The van der Waals surface area contributed by atoms with Crippen LogP contribution in [0.4, 0.5) is 11.5 Å². The molecule has 0 radical (unpaired) electrons. The van der Waals surface area contributed by atoms with E-state index in [-0.39, 0.29) is 11.7 Å². The molecular formula is C17H16N4O3S2. The van der Waals surface area contributed by atoms with Gasteiger partial charge in [-0.2, -0.15) is 0 Å². The summed E-state index contributed by atoms with van der Waals surface area (Å²) in [6, 6.07) is 7.26. The van der Waals surface area contributed by atoms with Crippen LogP contribution in [0.25, 0.3) is 10.2 Å². The van der Waals surface area contributed by atoms with Crippen LogP contribution in [0.15, 0.2) is 34.8 Å². The Hall–Kier alpha value is -2.52. The maximum atomic E-state index is 12.2. The highest BCUT2D eigenvalue weighted by atomic mass is 32.2. The van der Waals surface area contributed by atoms with Gasteiger partial charge in [0.25, 0.3) is 0 Å². The molecule has 0 spiro atoms. The van der Waals surface area contributed by atoms with Crippen LogP contribution in [-0.4, -0.2) is 34.8 Å². The summed E-state index contributed by atoms with van der Waals surface area (Å²) in [4.78, 5) is 21.7. The number of carbonyl (C=O) groups is 1. The van der Waals surface area contributed by atoms with Gasteiger partial charge in [-0.3, -0.25) is 4.79 Å². The first-order valence-corrected chi connectivity index (χ1v) is 9.88. The molecule has 4 rings (SSSR count). The van der Waals surface area contributed by atoms with E-state index >= 15 is 0 Å². The zero-order chi connectivity index (χ0) is 17.9. The zero-order valence-electron chi connectivity index (χ0n) is 13.7. The second-order valence-corrected chi connectivity index (χ2v) is 7.42. The number of nitrogen functional groups attached to an aromatic ring is 1. The van der Waals surface area contributed by atoms with E-state index in [1.807, 2.05) is 11.4 Å². The Morgan fingerprint density at radius 3 is 2.96 bits per heavy atom. The third-order valence-electron chi connectivity index (χ3n) is 3.70. The van der Waals surface area contributed by atoms with Crippen LogP contribution in [0.2, 0.25) is 0 Å². The standard InChI is InChI=1S/C17H16N4O3S2/c18-15-11-4-7-25-16(11)21-17(20-15)26-9-14(22)19-10-2-3-12-13(8-10)24-6-1-5-23-12/h2-4,7-8H,1,5-6,9H2,(H,19,22)(H2,18,20,21). The van der Waals surface area contributed by atoms with E-state index < -0.39 is 0 Å². The van der Waals surface area contributed by atoms with E-state index in [1.165, 1.54) is 23.1 Å². The summed E-state index contributed by atoms with van der Waals surface area (Å²) in [6.45, 7) is 1.23. The summed E-state index contributed by atoms with van der Waals surface area (Å²) in [5, 5.41) is 6.10. The normalized spacial score (nSPS) is 13.4. The van der Waals surface area contributed by atoms with E-state index in [4.69, 9.17) is 15.2 Å². The van der Waals surface area contributed by atoms with E-state index in [0.29, 0.717) is 41.4 Å². The van der Waals surface area contributed by atoms with Crippen molar-refractivity contribution in [2.75, 3.05) is 30.0 Å². The third kappa shape index (κ3) is 3.68. The first kappa shape index (κ1) is 16.9. The number of carbonyl (C=O) groups excluding carboxylic acids is 1. The van der Waals surface area contributed by atoms with E-state index in [0.717, 1.165) is 16.6 Å². The van der Waals surface area contributed by atoms with Crippen LogP contribution in [0, 0.1) is 0 Å². The number of nitrogens with zero attached hydrogens (tertiary/aromatic N) is 2. The van der Waals surface area contributed by atoms with E-state index in [1.54, 1.807) is 18.2 Å². The molecule has 1 aliphatic rings. The first-order chi connectivity index (χ1) is 12.7. The predicted molar refractivity (Wildman–Crippen MR) is 103 cm³/mol. The van der Waals surface area contributed by atoms with Gasteiger partial charge in [0.05, 0.1) is 24.4 Å². The maximum absolute atomic E-state index is 12.2. The molecule has 9 heteroatoms. The summed E-state index contributed by atoms with van der Waals surface area (Å²) >= 11 is 2.75. The van der Waals surface area contributed by atoms with Gasteiger partial charge in [0.1, 0.15) is 10.6 Å². The lowest BCUT2D eigenvalue weighted by atomic mass is 10.2. The minimum absolute atomic E-state index is 0.155. The summed E-state index contributed by atoms with van der Waals surface area (Å²) in [6.07, 6.45) is 0.838. The van der Waals surface area contributed by atoms with Gasteiger partial charge in [-0.25, -0.2) is 9.97 Å². The Balaban J connectivity index is 1.40. The number of amides is 1. The average Bonchev–Trinajstić information content (AvgIpc) is 2.98. The number of thioether (sulfide) groups is 1. The average molecular weight is 388 g/mol. The zero-order valence-corrected chi connectivity index (χ0v) is 15.4. The Kier molecular flexibility index (Phi) is 4.81. The van der Waals surface area contributed by atoms with Crippen LogP contribution < -0.4 is 20.5 Å². The van der Waals surface area contributed by atoms with Crippen LogP contribution in [0.3, 0.4) is 0 Å². The Bertz CT molecular complexity index is 960. The highest BCUT2D eigenvalue weighted by Crippen LogP contribution is 2.32. The minimum Gasteiger partial charge on any atom is -0.490 e. The van der Waals surface area contributed by atoms with Crippen molar-refractivity contribution in [3.05, 3.63) is 29.6 Å². The van der Waals surface area contributed by atoms with Gasteiger partial charge in [-0.15, -0.1) is 11.3 Å². The van der Waals surface area contributed by atoms with Gasteiger partial charge >= 0.3 is 0 Å². The molecule has 0 unspecified atom stereocenters. The fraction of sp³-hybridized carbons (Fsp3) is 0.235. The summed E-state index contributed by atoms with van der Waals surface area (Å²) in [7, 11) is 0. The number of nitrogens with one attached hydrogen (secondary N) is 1. The van der Waals surface area contributed by atoms with Crippen LogP contribution >= 0.6 is 23.1 Å². The molecule has 1 aromatic carbocycles. The third-order valence-corrected chi connectivity index (χ3v) is 5.35. The second kappa shape index (κ2) is 7.38. The number of rotatable bonds is 4. The van der Waals surface area contributed by atoms with Gasteiger partial charge in [0, 0.05) is 18.2 Å². The topological polar surface area (TPSA) is 99.4 Å². The monoisotopic (exact) mass is 388 g/mol. The highest BCUT2D eigenvalue weighted by Gasteiger charge is 2.13. The van der Waals surface area contributed by atoms with Crippen molar-refractivity contribution >= 4 is 50.7 Å². The smallest absolute Gasteiger partial charge is 0.234 e. The Morgan fingerprint density at radius 2 is 2.08 bits per heavy atom. The van der Waals surface area contributed by atoms with Gasteiger partial charge in [0.2, 0.25) is 5.91 Å². The molecule has 0 aliphatic carbocycles. The lowest BCUT2D eigenvalue weighted by molar-refractivity contribution is -0.113.